The summed E-state index contributed by atoms with van der Waals surface area (Å²) < 4.78 is 5.93. The second-order valence-electron chi connectivity index (χ2n) is 10.4. The smallest absolute Gasteiger partial charge is 0.233 e. The van der Waals surface area contributed by atoms with Crippen molar-refractivity contribution in [1.29, 1.82) is 0 Å². The Hall–Kier alpha value is -3.10. The highest BCUT2D eigenvalue weighted by atomic mass is 35.5. The predicted octanol–water partition coefficient (Wildman–Crippen LogP) is 6.49. The van der Waals surface area contributed by atoms with E-state index >= 15 is 0 Å². The number of aromatic nitrogens is 3. The minimum absolute atomic E-state index is 0.350. The molecule has 0 bridgehead atoms. The van der Waals surface area contributed by atoms with E-state index in [1.807, 2.05) is 48.5 Å². The van der Waals surface area contributed by atoms with Crippen molar-refractivity contribution >= 4 is 35.1 Å². The molecule has 3 aromatic rings. The van der Waals surface area contributed by atoms with Crippen LogP contribution in [0.3, 0.4) is 0 Å². The normalized spacial score (nSPS) is 17.5. The van der Waals surface area contributed by atoms with E-state index in [0.29, 0.717) is 47.3 Å². The Morgan fingerprint density at radius 1 is 0.816 bits per heavy atom. The van der Waals surface area contributed by atoms with Crippen molar-refractivity contribution in [2.75, 3.05) is 36.1 Å². The van der Waals surface area contributed by atoms with Gasteiger partial charge in [0.05, 0.1) is 5.02 Å². The van der Waals surface area contributed by atoms with Crippen LogP contribution in [0, 0.1) is 0 Å². The number of ether oxygens (including phenoxy) is 1. The number of halogens is 1. The summed E-state index contributed by atoms with van der Waals surface area (Å²) >= 11 is 6.56. The number of benzene rings is 2. The monoisotopic (exact) mass is 535 g/mol. The largest absolute Gasteiger partial charge is 0.487 e. The lowest BCUT2D eigenvalue weighted by Crippen LogP contribution is -2.37. The number of rotatable bonds is 9. The zero-order valence-electron chi connectivity index (χ0n) is 22.1. The molecule has 38 heavy (non-hydrogen) atoms. The summed E-state index contributed by atoms with van der Waals surface area (Å²) in [7, 11) is 2.17. The van der Waals surface area contributed by atoms with E-state index in [2.05, 4.69) is 27.9 Å². The van der Waals surface area contributed by atoms with Gasteiger partial charge in [-0.15, -0.1) is 0 Å². The second kappa shape index (κ2) is 13.1. The first-order valence-corrected chi connectivity index (χ1v) is 14.2. The van der Waals surface area contributed by atoms with Crippen LogP contribution in [0.2, 0.25) is 5.02 Å². The first-order valence-electron chi connectivity index (χ1n) is 13.8. The van der Waals surface area contributed by atoms with Gasteiger partial charge in [-0.3, -0.25) is 0 Å². The number of hydrogen-bond donors (Lipinski definition) is 3. The van der Waals surface area contributed by atoms with Gasteiger partial charge < -0.3 is 25.6 Å². The van der Waals surface area contributed by atoms with Crippen LogP contribution in [0.5, 0.6) is 5.75 Å². The topological polar surface area (TPSA) is 87.2 Å². The van der Waals surface area contributed by atoms with E-state index in [4.69, 9.17) is 31.3 Å². The molecule has 2 aromatic carbocycles. The Morgan fingerprint density at radius 3 is 2.11 bits per heavy atom. The maximum Gasteiger partial charge on any atom is 0.233 e. The molecule has 0 atom stereocenters. The Labute approximate surface area is 230 Å². The zero-order chi connectivity index (χ0) is 26.2. The van der Waals surface area contributed by atoms with Gasteiger partial charge in [0.15, 0.2) is 0 Å². The van der Waals surface area contributed by atoms with Gasteiger partial charge in [-0.25, -0.2) is 0 Å². The summed E-state index contributed by atoms with van der Waals surface area (Å²) in [5.74, 6) is 2.33. The molecule has 1 saturated heterocycles. The molecular formula is C29H38ClN7O. The maximum absolute atomic E-state index is 6.56. The van der Waals surface area contributed by atoms with E-state index in [0.717, 1.165) is 50.0 Å². The van der Waals surface area contributed by atoms with Crippen LogP contribution in [0.4, 0.5) is 23.5 Å². The van der Waals surface area contributed by atoms with Crippen molar-refractivity contribution in [1.82, 2.24) is 19.9 Å². The van der Waals surface area contributed by atoms with Crippen molar-refractivity contribution in [3.05, 3.63) is 59.1 Å². The van der Waals surface area contributed by atoms with Crippen LogP contribution in [-0.2, 0) is 6.61 Å². The third kappa shape index (κ3) is 7.71. The summed E-state index contributed by atoms with van der Waals surface area (Å²) in [4.78, 5) is 16.5. The Morgan fingerprint density at radius 2 is 1.45 bits per heavy atom. The first kappa shape index (κ1) is 26.5. The van der Waals surface area contributed by atoms with E-state index in [-0.39, 0.29) is 0 Å². The Balaban J connectivity index is 1.30. The molecule has 1 aromatic heterocycles. The van der Waals surface area contributed by atoms with E-state index in [1.54, 1.807) is 0 Å². The van der Waals surface area contributed by atoms with Gasteiger partial charge in [-0.05, 0) is 69.6 Å². The SMILES string of the molecule is CN1CCC(Nc2nc(Nc3ccc(OCc4ccccc4)c(Cl)c3)nc(NC3CCCCCC3)n2)CC1. The minimum atomic E-state index is 0.350. The predicted molar refractivity (Wildman–Crippen MR) is 155 cm³/mol. The summed E-state index contributed by atoms with van der Waals surface area (Å²) in [5.41, 5.74) is 1.88. The minimum Gasteiger partial charge on any atom is -0.487 e. The van der Waals surface area contributed by atoms with Crippen LogP contribution in [0.25, 0.3) is 0 Å². The highest BCUT2D eigenvalue weighted by molar-refractivity contribution is 6.32. The lowest BCUT2D eigenvalue weighted by atomic mass is 10.1. The Bertz CT molecular complexity index is 1160. The fourth-order valence-corrected chi connectivity index (χ4v) is 5.30. The van der Waals surface area contributed by atoms with Crippen LogP contribution in [0.1, 0.15) is 56.9 Å². The van der Waals surface area contributed by atoms with Crippen molar-refractivity contribution in [3.63, 3.8) is 0 Å². The van der Waals surface area contributed by atoms with Gasteiger partial charge in [-0.1, -0.05) is 67.6 Å². The molecule has 8 nitrogen and oxygen atoms in total. The molecule has 0 amide bonds. The van der Waals surface area contributed by atoms with Crippen molar-refractivity contribution < 1.29 is 4.74 Å². The number of nitrogens with one attached hydrogen (secondary N) is 3. The quantitative estimate of drug-likeness (QED) is 0.268. The molecule has 0 radical (unpaired) electrons. The summed E-state index contributed by atoms with van der Waals surface area (Å²) in [6, 6.07) is 16.4. The first-order chi connectivity index (χ1) is 18.6. The molecule has 9 heteroatoms. The summed E-state index contributed by atoms with van der Waals surface area (Å²) in [5, 5.41) is 11.0. The molecule has 2 heterocycles. The van der Waals surface area contributed by atoms with E-state index < -0.39 is 0 Å². The van der Waals surface area contributed by atoms with Crippen molar-refractivity contribution in [2.45, 2.75) is 70.1 Å². The summed E-state index contributed by atoms with van der Waals surface area (Å²) in [6.45, 7) is 2.60. The fourth-order valence-electron chi connectivity index (χ4n) is 5.06. The van der Waals surface area contributed by atoms with Crippen LogP contribution in [-0.4, -0.2) is 52.1 Å². The van der Waals surface area contributed by atoms with Gasteiger partial charge in [0.1, 0.15) is 12.4 Å². The van der Waals surface area contributed by atoms with Gasteiger partial charge in [-0.2, -0.15) is 15.0 Å². The van der Waals surface area contributed by atoms with Gasteiger partial charge >= 0.3 is 0 Å². The molecule has 5 rings (SSSR count). The Kier molecular flexibility index (Phi) is 9.15. The average Bonchev–Trinajstić information content (AvgIpc) is 3.19. The standard InChI is InChI=1S/C29H38ClN7O/c1-37-17-15-23(16-18-37)32-28-34-27(31-22-11-7-2-3-8-12-22)35-29(36-28)33-24-13-14-26(25(30)19-24)38-20-21-9-5-4-6-10-21/h4-6,9-10,13-14,19,22-23H,2-3,7-8,11-12,15-18,20H2,1H3,(H3,31,32,33,34,35,36). The molecule has 1 saturated carbocycles. The lowest BCUT2D eigenvalue weighted by molar-refractivity contribution is 0.263. The zero-order valence-corrected chi connectivity index (χ0v) is 22.9. The fraction of sp³-hybridized carbons (Fsp3) is 0.483. The van der Waals surface area contributed by atoms with Crippen LogP contribution < -0.4 is 20.7 Å². The highest BCUT2D eigenvalue weighted by Crippen LogP contribution is 2.30. The number of hydrogen-bond acceptors (Lipinski definition) is 8. The second-order valence-corrected chi connectivity index (χ2v) is 10.8. The molecular weight excluding hydrogens is 498 g/mol. The molecule has 0 unspecified atom stereocenters. The van der Waals surface area contributed by atoms with Gasteiger partial charge in [0, 0.05) is 17.8 Å². The third-order valence-electron chi connectivity index (χ3n) is 7.30. The number of likely N-dealkylation sites (tertiary alicyclic amines) is 1. The number of piperidine rings is 1. The molecule has 0 spiro atoms. The van der Waals surface area contributed by atoms with Gasteiger partial charge in [0.25, 0.3) is 0 Å². The third-order valence-corrected chi connectivity index (χ3v) is 7.60. The number of nitrogens with zero attached hydrogens (tertiary/aromatic N) is 4. The van der Waals surface area contributed by atoms with Gasteiger partial charge in [0.2, 0.25) is 17.8 Å². The van der Waals surface area contributed by atoms with E-state index in [9.17, 15) is 0 Å². The van der Waals surface area contributed by atoms with Crippen LogP contribution in [0.15, 0.2) is 48.5 Å². The highest BCUT2D eigenvalue weighted by Gasteiger charge is 2.20. The number of anilines is 4. The average molecular weight is 536 g/mol. The lowest BCUT2D eigenvalue weighted by Gasteiger charge is -2.29. The van der Waals surface area contributed by atoms with E-state index in [1.165, 1.54) is 25.7 Å². The molecule has 202 valence electrons. The molecule has 1 aliphatic heterocycles. The van der Waals surface area contributed by atoms with Crippen molar-refractivity contribution in [2.24, 2.45) is 0 Å². The van der Waals surface area contributed by atoms with Crippen molar-refractivity contribution in [3.8, 4) is 5.75 Å². The van der Waals surface area contributed by atoms with Crippen LogP contribution >= 0.6 is 11.6 Å². The summed E-state index contributed by atoms with van der Waals surface area (Å²) in [6.07, 6.45) is 9.51. The maximum atomic E-state index is 6.56. The molecule has 2 aliphatic rings. The molecule has 3 N–H and O–H groups in total. The molecule has 2 fully saturated rings. The molecule has 1 aliphatic carbocycles.